The quantitative estimate of drug-likeness (QED) is 0.844. The van der Waals surface area contributed by atoms with Crippen LogP contribution < -0.4 is 4.72 Å². The highest BCUT2D eigenvalue weighted by molar-refractivity contribution is 7.89. The molecule has 1 N–H and O–H groups in total. The molecule has 16 heavy (non-hydrogen) atoms. The van der Waals surface area contributed by atoms with Crippen LogP contribution in [0.15, 0.2) is 6.07 Å². The van der Waals surface area contributed by atoms with E-state index in [9.17, 15) is 8.42 Å². The molecule has 92 valence electrons. The number of nitrogens with one attached hydrogen (secondary N) is 1. The maximum atomic E-state index is 11.2. The maximum Gasteiger partial charge on any atom is 0.211 e. The van der Waals surface area contributed by atoms with Crippen molar-refractivity contribution in [1.82, 2.24) is 9.29 Å². The molecule has 0 saturated carbocycles. The molecule has 4 nitrogen and oxygen atoms in total. The van der Waals surface area contributed by atoms with Crippen molar-refractivity contribution >= 4 is 10.0 Å². The fraction of sp³-hybridized carbons (Fsp3) is 0.636. The monoisotopic (exact) mass is 244 g/mol. The van der Waals surface area contributed by atoms with Gasteiger partial charge in [0.15, 0.2) is 0 Å². The summed E-state index contributed by atoms with van der Waals surface area (Å²) in [5.41, 5.74) is 3.61. The first kappa shape index (κ1) is 13.3. The van der Waals surface area contributed by atoms with Gasteiger partial charge in [-0.3, -0.25) is 0 Å². The van der Waals surface area contributed by atoms with Crippen LogP contribution in [0.4, 0.5) is 0 Å². The van der Waals surface area contributed by atoms with Crippen LogP contribution in [0.25, 0.3) is 0 Å². The van der Waals surface area contributed by atoms with Gasteiger partial charge in [-0.1, -0.05) is 0 Å². The van der Waals surface area contributed by atoms with Crippen LogP contribution in [0.1, 0.15) is 23.9 Å². The van der Waals surface area contributed by atoms with Crippen molar-refractivity contribution < 1.29 is 8.42 Å². The Morgan fingerprint density at radius 2 is 2.00 bits per heavy atom. The van der Waals surface area contributed by atoms with E-state index < -0.39 is 10.0 Å². The van der Waals surface area contributed by atoms with Gasteiger partial charge < -0.3 is 4.57 Å². The highest BCUT2D eigenvalue weighted by Gasteiger charge is 2.08. The Labute approximate surface area is 97.7 Å². The average molecular weight is 244 g/mol. The van der Waals surface area contributed by atoms with Gasteiger partial charge in [0.05, 0.1) is 5.75 Å². The van der Waals surface area contributed by atoms with E-state index in [1.54, 1.807) is 6.92 Å². The van der Waals surface area contributed by atoms with Gasteiger partial charge in [-0.05, 0) is 38.8 Å². The smallest absolute Gasteiger partial charge is 0.211 e. The van der Waals surface area contributed by atoms with E-state index in [4.69, 9.17) is 0 Å². The zero-order valence-corrected chi connectivity index (χ0v) is 11.2. The second-order valence-electron chi connectivity index (χ2n) is 4.00. The van der Waals surface area contributed by atoms with E-state index in [1.165, 1.54) is 17.0 Å². The zero-order valence-electron chi connectivity index (χ0n) is 10.4. The van der Waals surface area contributed by atoms with Crippen LogP contribution in [0, 0.1) is 13.8 Å². The van der Waals surface area contributed by atoms with Gasteiger partial charge in [0.2, 0.25) is 10.0 Å². The minimum Gasteiger partial charge on any atom is -0.352 e. The highest BCUT2D eigenvalue weighted by atomic mass is 32.2. The fourth-order valence-corrected chi connectivity index (χ4v) is 2.25. The Kier molecular flexibility index (Phi) is 4.15. The molecule has 0 radical (unpaired) electrons. The van der Waals surface area contributed by atoms with Gasteiger partial charge in [0.1, 0.15) is 0 Å². The predicted molar refractivity (Wildman–Crippen MR) is 66.1 cm³/mol. The van der Waals surface area contributed by atoms with Crippen molar-refractivity contribution in [2.45, 2.75) is 27.2 Å². The lowest BCUT2D eigenvalue weighted by atomic mass is 10.2. The van der Waals surface area contributed by atoms with Gasteiger partial charge in [-0.15, -0.1) is 0 Å². The van der Waals surface area contributed by atoms with Crippen molar-refractivity contribution in [2.75, 3.05) is 12.3 Å². The zero-order chi connectivity index (χ0) is 12.3. The molecule has 0 aliphatic heterocycles. The van der Waals surface area contributed by atoms with Crippen LogP contribution in [-0.4, -0.2) is 25.3 Å². The van der Waals surface area contributed by atoms with Crippen molar-refractivity contribution in [1.29, 1.82) is 0 Å². The molecule has 0 spiro atoms. The summed E-state index contributed by atoms with van der Waals surface area (Å²) in [6, 6.07) is 2.11. The number of aromatic nitrogens is 1. The average Bonchev–Trinajstić information content (AvgIpc) is 2.46. The van der Waals surface area contributed by atoms with Crippen molar-refractivity contribution in [2.24, 2.45) is 7.05 Å². The molecule has 0 unspecified atom stereocenters. The lowest BCUT2D eigenvalue weighted by Crippen LogP contribution is -2.27. The number of rotatable bonds is 5. The van der Waals surface area contributed by atoms with Crippen LogP contribution in [0.5, 0.6) is 0 Å². The van der Waals surface area contributed by atoms with Crippen LogP contribution >= 0.6 is 0 Å². The molecule has 0 aromatic carbocycles. The number of sulfonamides is 1. The Balaban J connectivity index is 2.59. The van der Waals surface area contributed by atoms with Crippen molar-refractivity contribution in [3.8, 4) is 0 Å². The summed E-state index contributed by atoms with van der Waals surface area (Å²) in [5, 5.41) is 0. The third-order valence-electron chi connectivity index (χ3n) is 2.98. The second kappa shape index (κ2) is 5.01. The summed E-state index contributed by atoms with van der Waals surface area (Å²) in [5.74, 6) is 0.139. The molecule has 0 aliphatic carbocycles. The van der Waals surface area contributed by atoms with Gasteiger partial charge in [0.25, 0.3) is 0 Å². The molecule has 0 bridgehead atoms. The summed E-state index contributed by atoms with van der Waals surface area (Å²) in [6.45, 7) is 6.21. The second-order valence-corrected chi connectivity index (χ2v) is 6.10. The minimum atomic E-state index is -3.06. The maximum absolute atomic E-state index is 11.2. The molecule has 0 amide bonds. The largest absolute Gasteiger partial charge is 0.352 e. The predicted octanol–water partition coefficient (Wildman–Crippen LogP) is 1.12. The topological polar surface area (TPSA) is 51.1 Å². The summed E-state index contributed by atoms with van der Waals surface area (Å²) in [6.07, 6.45) is 0.743. The Morgan fingerprint density at radius 1 is 1.38 bits per heavy atom. The van der Waals surface area contributed by atoms with Crippen molar-refractivity contribution in [3.05, 3.63) is 23.0 Å². The molecule has 5 heteroatoms. The summed E-state index contributed by atoms with van der Waals surface area (Å²) in [7, 11) is -1.04. The van der Waals surface area contributed by atoms with Gasteiger partial charge in [-0.25, -0.2) is 13.1 Å². The third kappa shape index (κ3) is 3.09. The molecule has 0 fully saturated rings. The lowest BCUT2D eigenvalue weighted by Gasteiger charge is -2.05. The minimum absolute atomic E-state index is 0.139. The highest BCUT2D eigenvalue weighted by Crippen LogP contribution is 2.13. The van der Waals surface area contributed by atoms with Crippen LogP contribution in [0.2, 0.25) is 0 Å². The summed E-state index contributed by atoms with van der Waals surface area (Å²) >= 11 is 0. The van der Waals surface area contributed by atoms with E-state index in [-0.39, 0.29) is 5.75 Å². The normalized spacial score (nSPS) is 12.0. The van der Waals surface area contributed by atoms with E-state index in [1.807, 2.05) is 14.0 Å². The molecule has 1 aromatic rings. The summed E-state index contributed by atoms with van der Waals surface area (Å²) < 4.78 is 27.2. The molecular formula is C11H20N2O2S. The van der Waals surface area contributed by atoms with Gasteiger partial charge in [-0.2, -0.15) is 0 Å². The SMILES string of the molecule is CCS(=O)(=O)NCCc1cc(C)n(C)c1C. The fourth-order valence-electron chi connectivity index (χ4n) is 1.63. The van der Waals surface area contributed by atoms with E-state index in [0.29, 0.717) is 6.54 Å². The Hall–Kier alpha value is -0.810. The first-order chi connectivity index (χ1) is 7.37. The molecule has 0 atom stereocenters. The van der Waals surface area contributed by atoms with Crippen molar-refractivity contribution in [3.63, 3.8) is 0 Å². The molecule has 1 aromatic heterocycles. The third-order valence-corrected chi connectivity index (χ3v) is 4.38. The molecule has 0 saturated heterocycles. The molecule has 1 rings (SSSR count). The van der Waals surface area contributed by atoms with Crippen LogP contribution in [-0.2, 0) is 23.5 Å². The Bertz CT molecular complexity index is 461. The lowest BCUT2D eigenvalue weighted by molar-refractivity contribution is 0.583. The molecule has 1 heterocycles. The van der Waals surface area contributed by atoms with Gasteiger partial charge in [0, 0.05) is 25.0 Å². The Morgan fingerprint density at radius 3 is 2.44 bits per heavy atom. The van der Waals surface area contributed by atoms with Crippen LogP contribution in [0.3, 0.4) is 0 Å². The van der Waals surface area contributed by atoms with Gasteiger partial charge >= 0.3 is 0 Å². The number of hydrogen-bond acceptors (Lipinski definition) is 2. The first-order valence-electron chi connectivity index (χ1n) is 5.46. The molecule has 0 aliphatic rings. The molecular weight excluding hydrogens is 224 g/mol. The standard InChI is InChI=1S/C11H20N2O2S/c1-5-16(14,15)12-7-6-11-8-9(2)13(4)10(11)3/h8,12H,5-7H2,1-4H3. The summed E-state index contributed by atoms with van der Waals surface area (Å²) in [4.78, 5) is 0. The first-order valence-corrected chi connectivity index (χ1v) is 7.11. The van der Waals surface area contributed by atoms with E-state index >= 15 is 0 Å². The van der Waals surface area contributed by atoms with E-state index in [0.717, 1.165) is 6.42 Å². The number of aryl methyl sites for hydroxylation is 1. The number of nitrogens with zero attached hydrogens (tertiary/aromatic N) is 1. The van der Waals surface area contributed by atoms with E-state index in [2.05, 4.69) is 22.3 Å². The number of hydrogen-bond donors (Lipinski definition) is 1.